The molecule has 2 aromatic carbocycles. The van der Waals surface area contributed by atoms with Gasteiger partial charge in [0.25, 0.3) is 5.91 Å². The molecule has 0 bridgehead atoms. The zero-order valence-corrected chi connectivity index (χ0v) is 22.0. The smallest absolute Gasteiger partial charge is 0.329 e. The van der Waals surface area contributed by atoms with E-state index in [1.54, 1.807) is 43.0 Å². The molecule has 2 fully saturated rings. The van der Waals surface area contributed by atoms with Crippen molar-refractivity contribution < 1.29 is 23.5 Å². The molecule has 0 radical (unpaired) electrons. The van der Waals surface area contributed by atoms with Gasteiger partial charge in [-0.1, -0.05) is 23.7 Å². The van der Waals surface area contributed by atoms with Crippen molar-refractivity contribution >= 4 is 41.2 Å². The number of hydrogen-bond acceptors (Lipinski definition) is 5. The van der Waals surface area contributed by atoms with Crippen LogP contribution in [-0.2, 0) is 16.1 Å². The van der Waals surface area contributed by atoms with Crippen LogP contribution in [0.2, 0.25) is 5.02 Å². The van der Waals surface area contributed by atoms with E-state index in [2.05, 4.69) is 10.2 Å². The van der Waals surface area contributed by atoms with Gasteiger partial charge < -0.3 is 15.0 Å². The van der Waals surface area contributed by atoms with E-state index in [9.17, 15) is 18.8 Å². The standard InChI is InChI=1S/C27H30ClFN4O4/c1-17-15-31(16-18-5-8-20(29)9-6-18)11-12-32(17)24(34)10-7-19-13-23(37-4)21(28)14-22(19)33-25(35)27(2,3)30-26(33)36/h5-10,13-14,17H,11-12,15-16H2,1-4H3,(H,30,36). The predicted molar refractivity (Wildman–Crippen MR) is 140 cm³/mol. The lowest BCUT2D eigenvalue weighted by molar-refractivity contribution is -0.130. The third-order valence-corrected chi connectivity index (χ3v) is 6.92. The number of amides is 4. The second kappa shape index (κ2) is 10.5. The highest BCUT2D eigenvalue weighted by molar-refractivity contribution is 6.33. The van der Waals surface area contributed by atoms with Crippen LogP contribution in [-0.4, -0.2) is 66.0 Å². The molecule has 2 heterocycles. The first-order chi connectivity index (χ1) is 17.5. The second-order valence-corrected chi connectivity index (χ2v) is 10.2. The number of rotatable bonds is 6. The number of halogens is 2. The molecule has 1 N–H and O–H groups in total. The fourth-order valence-corrected chi connectivity index (χ4v) is 4.85. The number of imide groups is 1. The number of carbonyl (C=O) groups is 3. The first-order valence-corrected chi connectivity index (χ1v) is 12.4. The molecule has 0 spiro atoms. The molecule has 2 aliphatic heterocycles. The minimum atomic E-state index is -1.07. The molecular formula is C27H30ClFN4O4. The molecule has 196 valence electrons. The van der Waals surface area contributed by atoms with Gasteiger partial charge in [0.2, 0.25) is 5.91 Å². The molecule has 4 rings (SSSR count). The van der Waals surface area contributed by atoms with E-state index in [-0.39, 0.29) is 28.5 Å². The average Bonchev–Trinajstić information content (AvgIpc) is 3.05. The summed E-state index contributed by atoms with van der Waals surface area (Å²) in [5, 5.41) is 2.89. The highest BCUT2D eigenvalue weighted by Crippen LogP contribution is 2.36. The molecule has 2 aliphatic rings. The highest BCUT2D eigenvalue weighted by atomic mass is 35.5. The Morgan fingerprint density at radius 1 is 1.22 bits per heavy atom. The maximum absolute atomic E-state index is 13.2. The summed E-state index contributed by atoms with van der Waals surface area (Å²) in [6.07, 6.45) is 3.00. The van der Waals surface area contributed by atoms with E-state index in [1.165, 1.54) is 31.4 Å². The Balaban J connectivity index is 1.51. The van der Waals surface area contributed by atoms with Gasteiger partial charge in [0, 0.05) is 43.9 Å². The third-order valence-electron chi connectivity index (χ3n) is 6.62. The number of nitrogens with one attached hydrogen (secondary N) is 1. The van der Waals surface area contributed by atoms with E-state index in [4.69, 9.17) is 16.3 Å². The Bertz CT molecular complexity index is 1250. The van der Waals surface area contributed by atoms with Gasteiger partial charge in [-0.2, -0.15) is 0 Å². The molecule has 2 saturated heterocycles. The molecule has 2 aromatic rings. The van der Waals surface area contributed by atoms with Gasteiger partial charge in [-0.05, 0) is 56.7 Å². The van der Waals surface area contributed by atoms with Crippen LogP contribution in [0.1, 0.15) is 31.9 Å². The second-order valence-electron chi connectivity index (χ2n) is 9.82. The van der Waals surface area contributed by atoms with Crippen LogP contribution < -0.4 is 15.0 Å². The minimum Gasteiger partial charge on any atom is -0.495 e. The van der Waals surface area contributed by atoms with Gasteiger partial charge in [0.15, 0.2) is 0 Å². The van der Waals surface area contributed by atoms with Crippen LogP contribution in [0.3, 0.4) is 0 Å². The molecule has 0 aliphatic carbocycles. The predicted octanol–water partition coefficient (Wildman–Crippen LogP) is 4.07. The summed E-state index contributed by atoms with van der Waals surface area (Å²) < 4.78 is 18.5. The van der Waals surface area contributed by atoms with E-state index in [1.807, 2.05) is 6.92 Å². The van der Waals surface area contributed by atoms with Gasteiger partial charge in [0.1, 0.15) is 17.1 Å². The number of nitrogens with zero attached hydrogens (tertiary/aromatic N) is 3. The molecule has 1 atom stereocenters. The van der Waals surface area contributed by atoms with Gasteiger partial charge in [-0.3, -0.25) is 14.5 Å². The van der Waals surface area contributed by atoms with Crippen LogP contribution in [0.5, 0.6) is 5.75 Å². The Morgan fingerprint density at radius 3 is 2.51 bits per heavy atom. The number of methoxy groups -OCH3 is 1. The summed E-state index contributed by atoms with van der Waals surface area (Å²) in [7, 11) is 1.46. The van der Waals surface area contributed by atoms with E-state index in [0.717, 1.165) is 10.5 Å². The Labute approximate surface area is 220 Å². The molecule has 37 heavy (non-hydrogen) atoms. The zero-order chi connectivity index (χ0) is 26.9. The van der Waals surface area contributed by atoms with Crippen LogP contribution in [0, 0.1) is 5.82 Å². The van der Waals surface area contributed by atoms with Crippen molar-refractivity contribution in [2.45, 2.75) is 38.9 Å². The maximum atomic E-state index is 13.2. The van der Waals surface area contributed by atoms with Crippen LogP contribution >= 0.6 is 11.6 Å². The number of benzene rings is 2. The Hall–Kier alpha value is -3.43. The van der Waals surface area contributed by atoms with Crippen LogP contribution in [0.4, 0.5) is 14.9 Å². The van der Waals surface area contributed by atoms with Gasteiger partial charge in [-0.25, -0.2) is 14.1 Å². The highest BCUT2D eigenvalue weighted by Gasteiger charge is 2.45. The third kappa shape index (κ3) is 5.62. The topological polar surface area (TPSA) is 82.2 Å². The lowest BCUT2D eigenvalue weighted by Gasteiger charge is -2.39. The first-order valence-electron chi connectivity index (χ1n) is 12.0. The number of anilines is 1. The SMILES string of the molecule is COc1cc(C=CC(=O)N2CCN(Cc3ccc(F)cc3)CC2C)c(N2C(=O)NC(C)(C)C2=O)cc1Cl. The van der Waals surface area contributed by atoms with Gasteiger partial charge in [0.05, 0.1) is 17.8 Å². The molecular weight excluding hydrogens is 499 g/mol. The van der Waals surface area contributed by atoms with Crippen LogP contribution in [0.25, 0.3) is 6.08 Å². The molecule has 0 aromatic heterocycles. The quantitative estimate of drug-likeness (QED) is 0.451. The average molecular weight is 529 g/mol. The molecule has 4 amide bonds. The molecule has 0 saturated carbocycles. The molecule has 10 heteroatoms. The number of ether oxygens (including phenoxy) is 1. The fraction of sp³-hybridized carbons (Fsp3) is 0.370. The van der Waals surface area contributed by atoms with E-state index in [0.29, 0.717) is 37.5 Å². The summed E-state index contributed by atoms with van der Waals surface area (Å²) in [6, 6.07) is 8.90. The lowest BCUT2D eigenvalue weighted by atomic mass is 10.1. The first kappa shape index (κ1) is 26.6. The molecule has 8 nitrogen and oxygen atoms in total. The van der Waals surface area contributed by atoms with E-state index < -0.39 is 17.5 Å². The number of hydrogen-bond donors (Lipinski definition) is 1. The summed E-state index contributed by atoms with van der Waals surface area (Å²) in [5.41, 5.74) is 0.656. The largest absolute Gasteiger partial charge is 0.495 e. The summed E-state index contributed by atoms with van der Waals surface area (Å²) in [4.78, 5) is 43.7. The lowest BCUT2D eigenvalue weighted by Crippen LogP contribution is -2.53. The van der Waals surface area contributed by atoms with Crippen LogP contribution in [0.15, 0.2) is 42.5 Å². The van der Waals surface area contributed by atoms with Crippen molar-refractivity contribution in [3.63, 3.8) is 0 Å². The van der Waals surface area contributed by atoms with E-state index >= 15 is 0 Å². The summed E-state index contributed by atoms with van der Waals surface area (Å²) >= 11 is 6.31. The van der Waals surface area contributed by atoms with Gasteiger partial charge in [-0.15, -0.1) is 0 Å². The van der Waals surface area contributed by atoms with Crippen molar-refractivity contribution in [2.24, 2.45) is 0 Å². The minimum absolute atomic E-state index is 0.0442. The summed E-state index contributed by atoms with van der Waals surface area (Å²) in [6.45, 7) is 7.78. The number of urea groups is 1. The fourth-order valence-electron chi connectivity index (χ4n) is 4.62. The van der Waals surface area contributed by atoms with Crippen molar-refractivity contribution in [3.05, 3.63) is 64.4 Å². The number of carbonyl (C=O) groups excluding carboxylic acids is 3. The zero-order valence-electron chi connectivity index (χ0n) is 21.3. The summed E-state index contributed by atoms with van der Waals surface area (Å²) in [5.74, 6) is -0.525. The van der Waals surface area contributed by atoms with Crippen molar-refractivity contribution in [3.8, 4) is 5.75 Å². The monoisotopic (exact) mass is 528 g/mol. The Morgan fingerprint density at radius 2 is 1.92 bits per heavy atom. The Kier molecular flexibility index (Phi) is 7.57. The van der Waals surface area contributed by atoms with Crippen molar-refractivity contribution in [1.82, 2.24) is 15.1 Å². The maximum Gasteiger partial charge on any atom is 0.329 e. The molecule has 1 unspecified atom stereocenters. The normalized spacial score (nSPS) is 20.0. The van der Waals surface area contributed by atoms with Gasteiger partial charge >= 0.3 is 6.03 Å². The number of piperazine rings is 1. The van der Waals surface area contributed by atoms with Crippen molar-refractivity contribution in [1.29, 1.82) is 0 Å². The van der Waals surface area contributed by atoms with Crippen molar-refractivity contribution in [2.75, 3.05) is 31.6 Å².